The van der Waals surface area contributed by atoms with E-state index in [2.05, 4.69) is 5.32 Å². The number of hydrogen-bond acceptors (Lipinski definition) is 3. The van der Waals surface area contributed by atoms with Crippen molar-refractivity contribution in [1.29, 1.82) is 0 Å². The standard InChI is InChI=1S/C14H16ClFN2O3/c15-11-7-10(16)1-2-12(11)17-8-13(19)18-5-3-9(4-6-18)14(20)21/h1-2,7,9,17H,3-6,8H2,(H,20,21). The van der Waals surface area contributed by atoms with E-state index in [0.717, 1.165) is 0 Å². The van der Waals surface area contributed by atoms with Gasteiger partial charge in [0.25, 0.3) is 0 Å². The van der Waals surface area contributed by atoms with E-state index in [4.69, 9.17) is 16.7 Å². The minimum Gasteiger partial charge on any atom is -0.481 e. The Labute approximate surface area is 126 Å². The molecule has 1 fully saturated rings. The number of anilines is 1. The molecule has 0 bridgehead atoms. The third-order valence-electron chi connectivity index (χ3n) is 3.56. The summed E-state index contributed by atoms with van der Waals surface area (Å²) in [6, 6.07) is 3.91. The molecule has 0 aliphatic carbocycles. The predicted octanol–water partition coefficient (Wildman–Crippen LogP) is 2.21. The van der Waals surface area contributed by atoms with Crippen LogP contribution in [0.25, 0.3) is 0 Å². The maximum absolute atomic E-state index is 12.9. The topological polar surface area (TPSA) is 69.6 Å². The molecule has 0 radical (unpaired) electrons. The largest absolute Gasteiger partial charge is 0.481 e. The lowest BCUT2D eigenvalue weighted by Gasteiger charge is -2.30. The highest BCUT2D eigenvalue weighted by molar-refractivity contribution is 6.33. The van der Waals surface area contributed by atoms with E-state index < -0.39 is 11.8 Å². The van der Waals surface area contributed by atoms with E-state index in [-0.39, 0.29) is 23.4 Å². The summed E-state index contributed by atoms with van der Waals surface area (Å²) in [6.07, 6.45) is 0.941. The number of likely N-dealkylation sites (tertiary alicyclic amines) is 1. The van der Waals surface area contributed by atoms with Crippen LogP contribution in [0.2, 0.25) is 5.02 Å². The summed E-state index contributed by atoms with van der Waals surface area (Å²) in [5, 5.41) is 12.0. The van der Waals surface area contributed by atoms with Gasteiger partial charge in [-0.3, -0.25) is 9.59 Å². The van der Waals surface area contributed by atoms with Crippen molar-refractivity contribution >= 4 is 29.2 Å². The lowest BCUT2D eigenvalue weighted by Crippen LogP contribution is -2.42. The zero-order valence-corrected chi connectivity index (χ0v) is 12.1. The highest BCUT2D eigenvalue weighted by atomic mass is 35.5. The van der Waals surface area contributed by atoms with Gasteiger partial charge < -0.3 is 15.3 Å². The van der Waals surface area contributed by atoms with Gasteiger partial charge in [-0.15, -0.1) is 0 Å². The maximum Gasteiger partial charge on any atom is 0.306 e. The number of piperidine rings is 1. The van der Waals surface area contributed by atoms with Crippen LogP contribution in [0, 0.1) is 11.7 Å². The molecule has 1 aromatic rings. The van der Waals surface area contributed by atoms with Crippen LogP contribution in [0.3, 0.4) is 0 Å². The molecule has 1 heterocycles. The second kappa shape index (κ2) is 6.76. The molecule has 1 amide bonds. The first-order chi connectivity index (χ1) is 9.97. The van der Waals surface area contributed by atoms with Crippen LogP contribution in [0.15, 0.2) is 18.2 Å². The third-order valence-corrected chi connectivity index (χ3v) is 3.87. The van der Waals surface area contributed by atoms with Crippen LogP contribution < -0.4 is 5.32 Å². The van der Waals surface area contributed by atoms with Gasteiger partial charge in [0.05, 0.1) is 23.2 Å². The number of aliphatic carboxylic acids is 1. The first kappa shape index (κ1) is 15.6. The Morgan fingerprint density at radius 1 is 1.38 bits per heavy atom. The maximum atomic E-state index is 12.9. The normalized spacial score (nSPS) is 15.8. The number of hydrogen-bond donors (Lipinski definition) is 2. The molecule has 1 aliphatic rings. The molecule has 0 saturated carbocycles. The first-order valence-corrected chi connectivity index (χ1v) is 7.04. The highest BCUT2D eigenvalue weighted by Gasteiger charge is 2.26. The van der Waals surface area contributed by atoms with Crippen LogP contribution >= 0.6 is 11.6 Å². The van der Waals surface area contributed by atoms with Gasteiger partial charge in [-0.1, -0.05) is 11.6 Å². The molecule has 114 valence electrons. The molecule has 1 aliphatic heterocycles. The molecule has 21 heavy (non-hydrogen) atoms. The molecule has 0 aromatic heterocycles. The van der Waals surface area contributed by atoms with Gasteiger partial charge >= 0.3 is 5.97 Å². The zero-order valence-electron chi connectivity index (χ0n) is 11.3. The number of benzene rings is 1. The van der Waals surface area contributed by atoms with Crippen LogP contribution in [-0.2, 0) is 9.59 Å². The van der Waals surface area contributed by atoms with Crippen molar-refractivity contribution in [2.75, 3.05) is 25.0 Å². The van der Waals surface area contributed by atoms with Crippen LogP contribution in [0.5, 0.6) is 0 Å². The minimum atomic E-state index is -0.807. The van der Waals surface area contributed by atoms with Crippen LogP contribution in [-0.4, -0.2) is 41.5 Å². The van der Waals surface area contributed by atoms with Crippen molar-refractivity contribution < 1.29 is 19.1 Å². The molecule has 2 rings (SSSR count). The summed E-state index contributed by atoms with van der Waals surface area (Å²) in [6.45, 7) is 0.923. The van der Waals surface area contributed by atoms with Crippen molar-refractivity contribution in [3.63, 3.8) is 0 Å². The zero-order chi connectivity index (χ0) is 15.4. The van der Waals surface area contributed by atoms with E-state index in [1.807, 2.05) is 0 Å². The molecule has 7 heteroatoms. The van der Waals surface area contributed by atoms with Crippen LogP contribution in [0.4, 0.5) is 10.1 Å². The van der Waals surface area contributed by atoms with Crippen LogP contribution in [0.1, 0.15) is 12.8 Å². The molecule has 0 atom stereocenters. The number of carbonyl (C=O) groups is 2. The molecule has 1 aromatic carbocycles. The lowest BCUT2D eigenvalue weighted by atomic mass is 9.97. The fraction of sp³-hybridized carbons (Fsp3) is 0.429. The van der Waals surface area contributed by atoms with E-state index in [9.17, 15) is 14.0 Å². The average Bonchev–Trinajstić information content (AvgIpc) is 2.46. The van der Waals surface area contributed by atoms with Gasteiger partial charge in [0.1, 0.15) is 5.82 Å². The Kier molecular flexibility index (Phi) is 5.01. The molecular formula is C14H16ClFN2O3. The number of nitrogens with zero attached hydrogens (tertiary/aromatic N) is 1. The van der Waals surface area contributed by atoms with Crippen molar-refractivity contribution in [2.45, 2.75) is 12.8 Å². The molecular weight excluding hydrogens is 299 g/mol. The lowest BCUT2D eigenvalue weighted by molar-refractivity contribution is -0.145. The number of carboxylic acids is 1. The van der Waals surface area contributed by atoms with Crippen molar-refractivity contribution in [3.8, 4) is 0 Å². The Morgan fingerprint density at radius 2 is 2.05 bits per heavy atom. The smallest absolute Gasteiger partial charge is 0.306 e. The summed E-state index contributed by atoms with van der Waals surface area (Å²) in [7, 11) is 0. The molecule has 5 nitrogen and oxygen atoms in total. The van der Waals surface area contributed by atoms with Crippen molar-refractivity contribution in [2.24, 2.45) is 5.92 Å². The number of carbonyl (C=O) groups excluding carboxylic acids is 1. The summed E-state index contributed by atoms with van der Waals surface area (Å²) >= 11 is 5.86. The quantitative estimate of drug-likeness (QED) is 0.894. The molecule has 0 unspecified atom stereocenters. The summed E-state index contributed by atoms with van der Waals surface area (Å²) < 4.78 is 12.9. The summed E-state index contributed by atoms with van der Waals surface area (Å²) in [5.74, 6) is -1.74. The van der Waals surface area contributed by atoms with E-state index in [1.54, 1.807) is 4.90 Å². The third kappa shape index (κ3) is 4.07. The first-order valence-electron chi connectivity index (χ1n) is 6.67. The molecule has 0 spiro atoms. The number of carboxylic acid groups (broad SMARTS) is 1. The van der Waals surface area contributed by atoms with E-state index >= 15 is 0 Å². The second-order valence-electron chi connectivity index (χ2n) is 4.97. The van der Waals surface area contributed by atoms with Gasteiger partial charge in [-0.05, 0) is 31.0 Å². The summed E-state index contributed by atoms with van der Waals surface area (Å²) in [5.41, 5.74) is 0.492. The predicted molar refractivity (Wildman–Crippen MR) is 76.8 cm³/mol. The minimum absolute atomic E-state index is 0.0447. The van der Waals surface area contributed by atoms with E-state index in [1.165, 1.54) is 18.2 Å². The fourth-order valence-electron chi connectivity index (χ4n) is 2.29. The van der Waals surface area contributed by atoms with Gasteiger partial charge in [-0.2, -0.15) is 0 Å². The average molecular weight is 315 g/mol. The highest BCUT2D eigenvalue weighted by Crippen LogP contribution is 2.22. The molecule has 1 saturated heterocycles. The Bertz CT molecular complexity index is 545. The number of nitrogens with one attached hydrogen (secondary N) is 1. The summed E-state index contributed by atoms with van der Waals surface area (Å²) in [4.78, 5) is 24.5. The Morgan fingerprint density at radius 3 is 2.62 bits per heavy atom. The number of halogens is 2. The second-order valence-corrected chi connectivity index (χ2v) is 5.38. The Balaban J connectivity index is 1.84. The molecule has 2 N–H and O–H groups in total. The van der Waals surface area contributed by atoms with Gasteiger partial charge in [0.15, 0.2) is 0 Å². The van der Waals surface area contributed by atoms with Gasteiger partial charge in [0, 0.05) is 13.1 Å². The van der Waals surface area contributed by atoms with Gasteiger partial charge in [0.2, 0.25) is 5.91 Å². The fourth-order valence-corrected chi connectivity index (χ4v) is 2.53. The van der Waals surface area contributed by atoms with Crippen molar-refractivity contribution in [1.82, 2.24) is 4.90 Å². The number of rotatable bonds is 4. The van der Waals surface area contributed by atoms with E-state index in [0.29, 0.717) is 31.6 Å². The Hall–Kier alpha value is -1.82. The van der Waals surface area contributed by atoms with Crippen molar-refractivity contribution in [3.05, 3.63) is 29.0 Å². The number of amides is 1. The SMILES string of the molecule is O=C(O)C1CCN(C(=O)CNc2ccc(F)cc2Cl)CC1. The van der Waals surface area contributed by atoms with Gasteiger partial charge in [-0.25, -0.2) is 4.39 Å². The monoisotopic (exact) mass is 314 g/mol.